The van der Waals surface area contributed by atoms with Gasteiger partial charge in [0.25, 0.3) is 0 Å². The van der Waals surface area contributed by atoms with Crippen LogP contribution >= 0.6 is 0 Å². The van der Waals surface area contributed by atoms with Crippen molar-refractivity contribution < 1.29 is 28.5 Å². The highest BCUT2D eigenvalue weighted by molar-refractivity contribution is 5.94. The minimum Gasteiger partial charge on any atom is -0.444 e. The number of alkyl carbamates (subject to hydrolysis) is 1. The van der Waals surface area contributed by atoms with Crippen molar-refractivity contribution in [1.82, 2.24) is 16.0 Å². The molecule has 0 aromatic rings. The van der Waals surface area contributed by atoms with Gasteiger partial charge >= 0.3 is 6.09 Å². The molecule has 0 bridgehead atoms. The predicted molar refractivity (Wildman–Crippen MR) is 103 cm³/mol. The maximum absolute atomic E-state index is 11.6. The number of nitrogens with one attached hydrogen (secondary N) is 3. The molecular weight excluding hydrogens is 354 g/mol. The molecule has 0 aliphatic rings. The summed E-state index contributed by atoms with van der Waals surface area (Å²) in [5, 5.41) is 8.57. The average molecular weight is 389 g/mol. The third-order valence-electron chi connectivity index (χ3n) is 3.35. The fourth-order valence-corrected chi connectivity index (χ4v) is 1.95. The molecule has 158 valence electrons. The molecule has 0 fully saturated rings. The second kappa shape index (κ2) is 17.9. The normalized spacial score (nSPS) is 10.8. The van der Waals surface area contributed by atoms with Gasteiger partial charge in [-0.05, 0) is 26.6 Å². The zero-order chi connectivity index (χ0) is 20.3. The molecule has 9 nitrogen and oxygen atoms in total. The van der Waals surface area contributed by atoms with Crippen LogP contribution in [0.15, 0.2) is 12.2 Å². The van der Waals surface area contributed by atoms with E-state index >= 15 is 0 Å². The number of allylic oxidation sites excluding steroid dienone is 1. The Morgan fingerprint density at radius 2 is 1.41 bits per heavy atom. The van der Waals surface area contributed by atoms with E-state index in [0.717, 1.165) is 0 Å². The first kappa shape index (κ1) is 25.5. The van der Waals surface area contributed by atoms with Gasteiger partial charge in [-0.2, -0.15) is 0 Å². The second-order valence-corrected chi connectivity index (χ2v) is 5.86. The lowest BCUT2D eigenvalue weighted by molar-refractivity contribution is -0.116. The summed E-state index contributed by atoms with van der Waals surface area (Å²) in [5.41, 5.74) is 0.547. The van der Waals surface area contributed by atoms with Crippen molar-refractivity contribution in [2.45, 2.75) is 19.4 Å². The van der Waals surface area contributed by atoms with Crippen LogP contribution in [-0.2, 0) is 23.7 Å². The molecule has 9 heteroatoms. The van der Waals surface area contributed by atoms with Crippen LogP contribution in [0.4, 0.5) is 4.79 Å². The van der Waals surface area contributed by atoms with Crippen molar-refractivity contribution in [2.75, 3.05) is 73.4 Å². The molecule has 0 radical (unpaired) electrons. The van der Waals surface area contributed by atoms with Gasteiger partial charge in [0, 0.05) is 26.1 Å². The van der Waals surface area contributed by atoms with E-state index in [1.54, 1.807) is 21.0 Å². The number of hydrogen-bond donors (Lipinski definition) is 3. The molecule has 0 aliphatic heterocycles. The van der Waals surface area contributed by atoms with E-state index in [-0.39, 0.29) is 11.9 Å². The number of rotatable bonds is 18. The Bertz CT molecular complexity index is 414. The van der Waals surface area contributed by atoms with E-state index in [2.05, 4.69) is 22.5 Å². The van der Waals surface area contributed by atoms with E-state index in [0.29, 0.717) is 71.3 Å². The fraction of sp³-hybridized carbons (Fsp3) is 0.778. The Morgan fingerprint density at radius 3 is 1.93 bits per heavy atom. The number of carbonyl (C=O) groups excluding carboxylic acids is 2. The zero-order valence-electron chi connectivity index (χ0n) is 16.8. The van der Waals surface area contributed by atoms with Crippen molar-refractivity contribution >= 4 is 11.9 Å². The number of Topliss-reactive ketones (excluding diaryl/α,β-unsaturated/α-hetero) is 1. The lowest BCUT2D eigenvalue weighted by atomic mass is 10.2. The van der Waals surface area contributed by atoms with Crippen LogP contribution < -0.4 is 16.0 Å². The molecule has 0 atom stereocenters. The summed E-state index contributed by atoms with van der Waals surface area (Å²) >= 11 is 0. The van der Waals surface area contributed by atoms with Crippen LogP contribution in [0.1, 0.15) is 13.3 Å². The standard InChI is InChI=1S/C18H35N3O6/c1-15(2)17(22)5-7-24-9-11-26-12-10-25-8-6-21-18(23)27-16(13-19-3)14-20-4/h16,19-20H,1,5-14H2,2-4H3,(H,21,23). The van der Waals surface area contributed by atoms with Gasteiger partial charge in [0.1, 0.15) is 6.10 Å². The molecule has 0 unspecified atom stereocenters. The maximum atomic E-state index is 11.6. The number of amides is 1. The Balaban J connectivity index is 3.40. The first-order valence-corrected chi connectivity index (χ1v) is 9.16. The number of likely N-dealkylation sites (N-methyl/N-ethyl adjacent to an activating group) is 2. The van der Waals surface area contributed by atoms with Crippen LogP contribution in [-0.4, -0.2) is 91.4 Å². The first-order chi connectivity index (χ1) is 13.0. The summed E-state index contributed by atoms with van der Waals surface area (Å²) < 4.78 is 21.2. The predicted octanol–water partition coefficient (Wildman–Crippen LogP) is 0.105. The monoisotopic (exact) mass is 389 g/mol. The molecule has 0 saturated heterocycles. The van der Waals surface area contributed by atoms with Gasteiger partial charge in [-0.3, -0.25) is 4.79 Å². The van der Waals surface area contributed by atoms with Crippen molar-refractivity contribution in [3.63, 3.8) is 0 Å². The zero-order valence-corrected chi connectivity index (χ0v) is 16.8. The first-order valence-electron chi connectivity index (χ1n) is 9.16. The molecule has 0 heterocycles. The van der Waals surface area contributed by atoms with E-state index in [1.165, 1.54) is 0 Å². The van der Waals surface area contributed by atoms with E-state index in [4.69, 9.17) is 18.9 Å². The third kappa shape index (κ3) is 16.4. The maximum Gasteiger partial charge on any atom is 0.407 e. The molecular formula is C18H35N3O6. The van der Waals surface area contributed by atoms with Gasteiger partial charge in [0.2, 0.25) is 0 Å². The van der Waals surface area contributed by atoms with Crippen molar-refractivity contribution in [3.8, 4) is 0 Å². The van der Waals surface area contributed by atoms with Crippen LogP contribution in [0.3, 0.4) is 0 Å². The van der Waals surface area contributed by atoms with Gasteiger partial charge in [-0.15, -0.1) is 0 Å². The van der Waals surface area contributed by atoms with Crippen LogP contribution in [0, 0.1) is 0 Å². The van der Waals surface area contributed by atoms with Crippen molar-refractivity contribution in [3.05, 3.63) is 12.2 Å². The van der Waals surface area contributed by atoms with Gasteiger partial charge in [-0.1, -0.05) is 6.58 Å². The Hall–Kier alpha value is -1.52. The molecule has 0 aromatic carbocycles. The van der Waals surface area contributed by atoms with Gasteiger partial charge in [0.05, 0.1) is 39.6 Å². The topological polar surface area (TPSA) is 107 Å². The molecule has 0 aromatic heterocycles. The quantitative estimate of drug-likeness (QED) is 0.224. The Labute approximate surface area is 162 Å². The summed E-state index contributed by atoms with van der Waals surface area (Å²) in [7, 11) is 3.60. The lowest BCUT2D eigenvalue weighted by Crippen LogP contribution is -2.40. The van der Waals surface area contributed by atoms with Crippen LogP contribution in [0.25, 0.3) is 0 Å². The molecule has 0 rings (SSSR count). The Kier molecular flexibility index (Phi) is 16.9. The van der Waals surface area contributed by atoms with Crippen LogP contribution in [0.5, 0.6) is 0 Å². The third-order valence-corrected chi connectivity index (χ3v) is 3.35. The number of ketones is 1. The number of hydrogen-bond acceptors (Lipinski definition) is 8. The minimum absolute atomic E-state index is 0.0152. The molecule has 0 spiro atoms. The summed E-state index contributed by atoms with van der Waals surface area (Å²) in [5.74, 6) is 0.0152. The van der Waals surface area contributed by atoms with Crippen molar-refractivity contribution in [1.29, 1.82) is 0 Å². The summed E-state index contributed by atoms with van der Waals surface area (Å²) in [4.78, 5) is 22.9. The van der Waals surface area contributed by atoms with Gasteiger partial charge in [0.15, 0.2) is 5.78 Å². The van der Waals surface area contributed by atoms with Gasteiger partial charge < -0.3 is 34.9 Å². The second-order valence-electron chi connectivity index (χ2n) is 5.86. The highest BCUT2D eigenvalue weighted by Gasteiger charge is 2.12. The van der Waals surface area contributed by atoms with E-state index in [9.17, 15) is 9.59 Å². The van der Waals surface area contributed by atoms with E-state index < -0.39 is 6.09 Å². The molecule has 0 aliphatic carbocycles. The smallest absolute Gasteiger partial charge is 0.407 e. The van der Waals surface area contributed by atoms with E-state index in [1.807, 2.05) is 0 Å². The molecule has 0 saturated carbocycles. The molecule has 27 heavy (non-hydrogen) atoms. The summed E-state index contributed by atoms with van der Waals surface area (Å²) in [6.45, 7) is 9.27. The largest absolute Gasteiger partial charge is 0.444 e. The minimum atomic E-state index is -0.465. The lowest BCUT2D eigenvalue weighted by Gasteiger charge is -2.17. The molecule has 1 amide bonds. The average Bonchev–Trinajstić information content (AvgIpc) is 2.62. The van der Waals surface area contributed by atoms with Crippen molar-refractivity contribution in [2.24, 2.45) is 0 Å². The summed E-state index contributed by atoms with van der Waals surface area (Å²) in [6, 6.07) is 0. The summed E-state index contributed by atoms with van der Waals surface area (Å²) in [6.07, 6.45) is -0.346. The number of ether oxygens (including phenoxy) is 4. The molecule has 3 N–H and O–H groups in total. The highest BCUT2D eigenvalue weighted by atomic mass is 16.6. The highest BCUT2D eigenvalue weighted by Crippen LogP contribution is 1.95. The SMILES string of the molecule is C=C(C)C(=O)CCOCCOCCOCCNC(=O)OC(CNC)CNC. The number of carbonyl (C=O) groups is 2. The van der Waals surface area contributed by atoms with Crippen LogP contribution in [0.2, 0.25) is 0 Å². The Morgan fingerprint density at radius 1 is 0.889 bits per heavy atom. The van der Waals surface area contributed by atoms with Gasteiger partial charge in [-0.25, -0.2) is 4.79 Å². The fourth-order valence-electron chi connectivity index (χ4n) is 1.95.